The Morgan fingerprint density at radius 3 is 2.58 bits per heavy atom. The fraction of sp³-hybridized carbons (Fsp3) is 0.133. The van der Waals surface area contributed by atoms with Crippen molar-refractivity contribution in [2.24, 2.45) is 0 Å². The van der Waals surface area contributed by atoms with E-state index in [0.29, 0.717) is 5.56 Å². The minimum atomic E-state index is -0.441. The lowest BCUT2D eigenvalue weighted by atomic mass is 10.1. The molecule has 0 heterocycles. The number of hydrogen-bond acceptors (Lipinski definition) is 1. The number of carbonyl (C=O) groups is 1. The highest BCUT2D eigenvalue weighted by atomic mass is 79.9. The van der Waals surface area contributed by atoms with Crippen molar-refractivity contribution in [1.82, 2.24) is 0 Å². The standard InChI is InChI=1S/C15H13BrFNO/c1-10-5-3-6-11(9-10)18(2)15(19)12-7-4-8-13(17)14(12)16/h3-9H,1-2H3. The number of hydrogen-bond donors (Lipinski definition) is 0. The highest BCUT2D eigenvalue weighted by Gasteiger charge is 2.18. The lowest BCUT2D eigenvalue weighted by Crippen LogP contribution is -2.26. The Kier molecular flexibility index (Phi) is 4.00. The predicted octanol–water partition coefficient (Wildman–Crippen LogP) is 4.17. The van der Waals surface area contributed by atoms with Crippen molar-refractivity contribution < 1.29 is 9.18 Å². The molecule has 0 fully saturated rings. The van der Waals surface area contributed by atoms with Gasteiger partial charge in [0.2, 0.25) is 0 Å². The van der Waals surface area contributed by atoms with Crippen molar-refractivity contribution in [2.45, 2.75) is 6.92 Å². The minimum Gasteiger partial charge on any atom is -0.311 e. The molecule has 0 saturated heterocycles. The Balaban J connectivity index is 2.36. The molecule has 0 atom stereocenters. The molecule has 0 radical (unpaired) electrons. The maximum absolute atomic E-state index is 13.5. The van der Waals surface area contributed by atoms with Crippen LogP contribution in [0.3, 0.4) is 0 Å². The topological polar surface area (TPSA) is 20.3 Å². The van der Waals surface area contributed by atoms with Crippen LogP contribution in [0.2, 0.25) is 0 Å². The van der Waals surface area contributed by atoms with E-state index in [-0.39, 0.29) is 10.4 Å². The molecule has 0 unspecified atom stereocenters. The van der Waals surface area contributed by atoms with Crippen molar-refractivity contribution in [3.63, 3.8) is 0 Å². The number of carbonyl (C=O) groups excluding carboxylic acids is 1. The summed E-state index contributed by atoms with van der Waals surface area (Å²) in [5.41, 5.74) is 2.15. The van der Waals surface area contributed by atoms with E-state index in [1.807, 2.05) is 31.2 Å². The summed E-state index contributed by atoms with van der Waals surface area (Å²) in [4.78, 5) is 13.9. The van der Waals surface area contributed by atoms with Gasteiger partial charge in [0.05, 0.1) is 10.0 Å². The maximum Gasteiger partial charge on any atom is 0.259 e. The molecule has 0 saturated carbocycles. The van der Waals surface area contributed by atoms with Gasteiger partial charge in [0.15, 0.2) is 0 Å². The molecule has 2 aromatic carbocycles. The lowest BCUT2D eigenvalue weighted by molar-refractivity contribution is 0.0992. The molecule has 4 heteroatoms. The molecular formula is C15H13BrFNO. The lowest BCUT2D eigenvalue weighted by Gasteiger charge is -2.18. The normalized spacial score (nSPS) is 10.3. The second-order valence-electron chi connectivity index (χ2n) is 4.30. The van der Waals surface area contributed by atoms with Crippen molar-refractivity contribution in [1.29, 1.82) is 0 Å². The van der Waals surface area contributed by atoms with Crippen molar-refractivity contribution in [2.75, 3.05) is 11.9 Å². The zero-order valence-electron chi connectivity index (χ0n) is 10.7. The Hall–Kier alpha value is -1.68. The largest absolute Gasteiger partial charge is 0.311 e. The van der Waals surface area contributed by atoms with E-state index < -0.39 is 5.82 Å². The second-order valence-corrected chi connectivity index (χ2v) is 5.10. The van der Waals surface area contributed by atoms with Crippen LogP contribution in [0.25, 0.3) is 0 Å². The van der Waals surface area contributed by atoms with Crippen LogP contribution in [0, 0.1) is 12.7 Å². The number of rotatable bonds is 2. The van der Waals surface area contributed by atoms with Crippen molar-refractivity contribution >= 4 is 27.5 Å². The van der Waals surface area contributed by atoms with Gasteiger partial charge >= 0.3 is 0 Å². The molecule has 0 bridgehead atoms. The molecule has 0 aliphatic heterocycles. The number of nitrogens with zero attached hydrogens (tertiary/aromatic N) is 1. The first-order chi connectivity index (χ1) is 9.00. The summed E-state index contributed by atoms with van der Waals surface area (Å²) >= 11 is 3.11. The van der Waals surface area contributed by atoms with E-state index in [9.17, 15) is 9.18 Å². The molecule has 0 spiro atoms. The molecule has 0 aliphatic carbocycles. The second kappa shape index (κ2) is 5.53. The van der Waals surface area contributed by atoms with Crippen LogP contribution in [-0.2, 0) is 0 Å². The maximum atomic E-state index is 13.5. The molecule has 2 nitrogen and oxygen atoms in total. The third-order valence-electron chi connectivity index (χ3n) is 2.88. The highest BCUT2D eigenvalue weighted by Crippen LogP contribution is 2.24. The molecule has 19 heavy (non-hydrogen) atoms. The molecule has 2 aromatic rings. The molecule has 0 aromatic heterocycles. The van der Waals surface area contributed by atoms with Gasteiger partial charge in [0.25, 0.3) is 5.91 Å². The van der Waals surface area contributed by atoms with Crippen LogP contribution < -0.4 is 4.90 Å². The summed E-state index contributed by atoms with van der Waals surface area (Å²) < 4.78 is 13.6. The quantitative estimate of drug-likeness (QED) is 0.812. The van der Waals surface area contributed by atoms with Crippen LogP contribution in [0.1, 0.15) is 15.9 Å². The van der Waals surface area contributed by atoms with E-state index >= 15 is 0 Å². The van der Waals surface area contributed by atoms with Gasteiger partial charge in [-0.05, 0) is 52.7 Å². The number of halogens is 2. The molecule has 0 aliphatic rings. The fourth-order valence-electron chi connectivity index (χ4n) is 1.80. The van der Waals surface area contributed by atoms with E-state index in [2.05, 4.69) is 15.9 Å². The Morgan fingerprint density at radius 1 is 1.21 bits per heavy atom. The van der Waals surface area contributed by atoms with Gasteiger partial charge in [0.1, 0.15) is 5.82 Å². The van der Waals surface area contributed by atoms with Crippen LogP contribution in [-0.4, -0.2) is 13.0 Å². The molecule has 98 valence electrons. The Bertz CT molecular complexity index is 627. The number of amides is 1. The minimum absolute atomic E-state index is 0.194. The van der Waals surface area contributed by atoms with Gasteiger partial charge < -0.3 is 4.90 Å². The van der Waals surface area contributed by atoms with E-state index in [4.69, 9.17) is 0 Å². The van der Waals surface area contributed by atoms with Crippen LogP contribution >= 0.6 is 15.9 Å². The van der Waals surface area contributed by atoms with Gasteiger partial charge in [-0.1, -0.05) is 18.2 Å². The summed E-state index contributed by atoms with van der Waals surface area (Å²) in [6, 6.07) is 12.0. The molecule has 2 rings (SSSR count). The van der Waals surface area contributed by atoms with E-state index in [1.165, 1.54) is 17.0 Å². The van der Waals surface area contributed by atoms with Gasteiger partial charge in [-0.25, -0.2) is 4.39 Å². The monoisotopic (exact) mass is 321 g/mol. The number of benzene rings is 2. The average Bonchev–Trinajstić information content (AvgIpc) is 2.40. The number of aryl methyl sites for hydroxylation is 1. The summed E-state index contributed by atoms with van der Waals surface area (Å²) in [5.74, 6) is -0.694. The van der Waals surface area contributed by atoms with Crippen LogP contribution in [0.4, 0.5) is 10.1 Å². The van der Waals surface area contributed by atoms with Crippen LogP contribution in [0.15, 0.2) is 46.9 Å². The first-order valence-electron chi connectivity index (χ1n) is 5.79. The number of anilines is 1. The van der Waals surface area contributed by atoms with E-state index in [1.54, 1.807) is 13.1 Å². The zero-order chi connectivity index (χ0) is 14.0. The Labute approximate surface area is 120 Å². The predicted molar refractivity (Wildman–Crippen MR) is 78.0 cm³/mol. The molecular weight excluding hydrogens is 309 g/mol. The summed E-state index contributed by atoms with van der Waals surface area (Å²) in [6.45, 7) is 1.96. The van der Waals surface area contributed by atoms with Gasteiger partial charge in [-0.2, -0.15) is 0 Å². The Morgan fingerprint density at radius 2 is 1.89 bits per heavy atom. The zero-order valence-corrected chi connectivity index (χ0v) is 12.2. The van der Waals surface area contributed by atoms with E-state index in [0.717, 1.165) is 11.3 Å². The van der Waals surface area contributed by atoms with Crippen molar-refractivity contribution in [3.05, 3.63) is 63.9 Å². The summed E-state index contributed by atoms with van der Waals surface area (Å²) in [7, 11) is 1.68. The summed E-state index contributed by atoms with van der Waals surface area (Å²) in [5, 5.41) is 0. The van der Waals surface area contributed by atoms with Gasteiger partial charge in [-0.3, -0.25) is 4.79 Å². The van der Waals surface area contributed by atoms with Gasteiger partial charge in [0, 0.05) is 12.7 Å². The smallest absolute Gasteiger partial charge is 0.259 e. The third kappa shape index (κ3) is 2.84. The first kappa shape index (κ1) is 13.7. The molecule has 0 N–H and O–H groups in total. The average molecular weight is 322 g/mol. The third-order valence-corrected chi connectivity index (χ3v) is 3.68. The summed E-state index contributed by atoms with van der Waals surface area (Å²) in [6.07, 6.45) is 0. The van der Waals surface area contributed by atoms with Crippen molar-refractivity contribution in [3.8, 4) is 0 Å². The fourth-order valence-corrected chi connectivity index (χ4v) is 2.24. The highest BCUT2D eigenvalue weighted by molar-refractivity contribution is 9.10. The molecule has 1 amide bonds. The first-order valence-corrected chi connectivity index (χ1v) is 6.58. The SMILES string of the molecule is Cc1cccc(N(C)C(=O)c2cccc(F)c2Br)c1. The van der Waals surface area contributed by atoms with Gasteiger partial charge in [-0.15, -0.1) is 0 Å². The van der Waals surface area contributed by atoms with Crippen LogP contribution in [0.5, 0.6) is 0 Å².